The number of para-hydroxylation sites is 1. The first-order chi connectivity index (χ1) is 24.4. The Morgan fingerprint density at radius 2 is 1.00 bits per heavy atom. The van der Waals surface area contributed by atoms with Crippen molar-refractivity contribution >= 4 is 35.4 Å². The van der Waals surface area contributed by atoms with Crippen molar-refractivity contribution in [3.05, 3.63) is 132 Å². The third kappa shape index (κ3) is 11.8. The average Bonchev–Trinajstić information content (AvgIpc) is 3.55. The van der Waals surface area contributed by atoms with Crippen LogP contribution in [0.3, 0.4) is 0 Å². The number of nitrogens with zero attached hydrogens (tertiary/aromatic N) is 2. The summed E-state index contributed by atoms with van der Waals surface area (Å²) in [5.41, 5.74) is 11.2. The van der Waals surface area contributed by atoms with E-state index in [1.54, 1.807) is 0 Å². The minimum absolute atomic E-state index is 0.0851. The standard InChI is InChI=1S/C31H44N2.C16H16O.2ClH.Ru/c1-28(2,3)22-15-23(29(4,5)6)18-26(17-22)32-13-14-33(21-32)27-19-24(30(7,8)9)16-25(20-27)31(10,11)12;1-12(2)17-16-13(3)8-7-11-15(16)14-9-5-4-6-10-14;;;/h13-20H,1-12H3;3-12H,1-2H3;2*1H;/q;;;;+2/p-2. The molecule has 1 heterocycles. The van der Waals surface area contributed by atoms with E-state index in [4.69, 9.17) is 24.1 Å². The summed E-state index contributed by atoms with van der Waals surface area (Å²) in [4.78, 5) is 4.26. The van der Waals surface area contributed by atoms with Crippen LogP contribution in [0.25, 0.3) is 11.1 Å². The molecular weight excluding hydrogens is 781 g/mol. The molecule has 0 amide bonds. The first-order valence-corrected chi connectivity index (χ1v) is 23.9. The predicted molar refractivity (Wildman–Crippen MR) is 230 cm³/mol. The van der Waals surface area contributed by atoms with Crippen LogP contribution in [-0.4, -0.2) is 10.7 Å². The molecule has 5 rings (SSSR count). The summed E-state index contributed by atoms with van der Waals surface area (Å²) >= 11 is -1.89. The maximum absolute atomic E-state index is 6.02. The van der Waals surface area contributed by atoms with Gasteiger partial charge in [0.25, 0.3) is 0 Å². The molecule has 0 bridgehead atoms. The Morgan fingerprint density at radius 1 is 0.585 bits per heavy atom. The molecule has 3 nitrogen and oxygen atoms in total. The molecule has 0 aromatic heterocycles. The van der Waals surface area contributed by atoms with E-state index in [1.165, 1.54) is 22.3 Å². The van der Waals surface area contributed by atoms with Gasteiger partial charge < -0.3 is 9.80 Å². The number of anilines is 2. The van der Waals surface area contributed by atoms with Gasteiger partial charge >= 0.3 is 133 Å². The molecular formula is C47H60Cl2N2ORu. The van der Waals surface area contributed by atoms with Crippen LogP contribution in [-0.2, 0) is 35.2 Å². The van der Waals surface area contributed by atoms with Gasteiger partial charge in [-0.05, 0) is 68.2 Å². The van der Waals surface area contributed by atoms with Crippen molar-refractivity contribution in [3.63, 3.8) is 0 Å². The maximum atomic E-state index is 6.02. The summed E-state index contributed by atoms with van der Waals surface area (Å²) in [6.07, 6.45) is 4.34. The number of rotatable bonds is 6. The van der Waals surface area contributed by atoms with Gasteiger partial charge in [0.15, 0.2) is 0 Å². The first kappa shape index (κ1) is 42.8. The normalized spacial score (nSPS) is 13.9. The molecule has 2 radical (unpaired) electrons. The van der Waals surface area contributed by atoms with Gasteiger partial charge in [-0.3, -0.25) is 0 Å². The summed E-state index contributed by atoms with van der Waals surface area (Å²) in [5, 5.41) is 0. The third-order valence-corrected chi connectivity index (χ3v) is 10.9. The number of benzene rings is 4. The molecule has 6 heteroatoms. The van der Waals surface area contributed by atoms with E-state index in [0.717, 1.165) is 33.8 Å². The second kappa shape index (κ2) is 16.8. The molecule has 0 spiro atoms. The van der Waals surface area contributed by atoms with Crippen molar-refractivity contribution in [1.82, 2.24) is 0 Å². The van der Waals surface area contributed by atoms with Gasteiger partial charge in [0.1, 0.15) is 0 Å². The Kier molecular flexibility index (Phi) is 13.6. The van der Waals surface area contributed by atoms with Gasteiger partial charge in [-0.2, -0.15) is 0 Å². The Labute approximate surface area is 334 Å². The molecule has 1 aliphatic rings. The van der Waals surface area contributed by atoms with E-state index in [2.05, 4.69) is 167 Å². The molecule has 4 aromatic carbocycles. The van der Waals surface area contributed by atoms with E-state index < -0.39 is 13.5 Å². The van der Waals surface area contributed by atoms with Crippen molar-refractivity contribution in [2.24, 2.45) is 0 Å². The van der Waals surface area contributed by atoms with Gasteiger partial charge in [-0.25, -0.2) is 0 Å². The van der Waals surface area contributed by atoms with Crippen LogP contribution in [0.5, 0.6) is 5.75 Å². The van der Waals surface area contributed by atoms with Crippen molar-refractivity contribution in [2.75, 3.05) is 9.80 Å². The molecule has 0 N–H and O–H groups in total. The first-order valence-electron chi connectivity index (χ1n) is 18.5. The van der Waals surface area contributed by atoms with Crippen molar-refractivity contribution < 1.29 is 18.3 Å². The Balaban J connectivity index is 0.000000267. The molecule has 0 saturated heterocycles. The number of ether oxygens (including phenoxy) is 1. The molecule has 1 aliphatic heterocycles. The molecule has 0 fully saturated rings. The van der Waals surface area contributed by atoms with E-state index in [1.807, 2.05) is 48.8 Å². The Hall–Kier alpha value is -2.91. The summed E-state index contributed by atoms with van der Waals surface area (Å²) in [6.45, 7) is 35.0. The summed E-state index contributed by atoms with van der Waals surface area (Å²) < 4.78 is 7.93. The van der Waals surface area contributed by atoms with Crippen LogP contribution in [0.4, 0.5) is 11.4 Å². The molecule has 0 atom stereocenters. The zero-order valence-corrected chi connectivity index (χ0v) is 37.6. The summed E-state index contributed by atoms with van der Waals surface area (Å²) in [6, 6.07) is 30.2. The van der Waals surface area contributed by atoms with Gasteiger partial charge in [0, 0.05) is 23.8 Å². The van der Waals surface area contributed by atoms with Crippen LogP contribution in [0.2, 0.25) is 0 Å². The monoisotopic (exact) mass is 840 g/mol. The van der Waals surface area contributed by atoms with E-state index in [9.17, 15) is 0 Å². The fourth-order valence-corrected chi connectivity index (χ4v) is 7.55. The predicted octanol–water partition coefficient (Wildman–Crippen LogP) is 13.9. The quantitative estimate of drug-likeness (QED) is 0.180. The molecule has 4 aromatic rings. The number of hydrogen-bond donors (Lipinski definition) is 0. The fraction of sp³-hybridized carbons (Fsp3) is 0.404. The fourth-order valence-electron chi connectivity index (χ4n) is 5.77. The second-order valence-corrected chi connectivity index (χ2v) is 24.0. The Bertz CT molecular complexity index is 1770. The van der Waals surface area contributed by atoms with Gasteiger partial charge in [0.2, 0.25) is 6.67 Å². The van der Waals surface area contributed by atoms with E-state index in [0.29, 0.717) is 0 Å². The summed E-state index contributed by atoms with van der Waals surface area (Å²) in [5.74, 6) is 0.855. The molecule has 0 unspecified atom stereocenters. The molecule has 53 heavy (non-hydrogen) atoms. The van der Waals surface area contributed by atoms with Crippen LogP contribution in [0.1, 0.15) is 125 Å². The topological polar surface area (TPSA) is 15.7 Å². The van der Waals surface area contributed by atoms with Crippen LogP contribution in [0.15, 0.2) is 97.3 Å². The van der Waals surface area contributed by atoms with Crippen LogP contribution in [0, 0.1) is 6.67 Å². The van der Waals surface area contributed by atoms with Crippen LogP contribution < -0.4 is 14.5 Å². The van der Waals surface area contributed by atoms with Crippen LogP contribution >= 0.6 is 19.4 Å². The minimum atomic E-state index is -1.89. The Morgan fingerprint density at radius 3 is 1.36 bits per heavy atom. The van der Waals surface area contributed by atoms with E-state index >= 15 is 0 Å². The van der Waals surface area contributed by atoms with Crippen molar-refractivity contribution in [3.8, 4) is 16.9 Å². The van der Waals surface area contributed by atoms with Crippen molar-refractivity contribution in [2.45, 2.75) is 125 Å². The van der Waals surface area contributed by atoms with Gasteiger partial charge in [0.05, 0.1) is 0 Å². The second-order valence-electron chi connectivity index (χ2n) is 18.2. The average molecular weight is 841 g/mol. The van der Waals surface area contributed by atoms with Crippen molar-refractivity contribution in [1.29, 1.82) is 0 Å². The number of halogens is 2. The van der Waals surface area contributed by atoms with Gasteiger partial charge in [-0.1, -0.05) is 95.2 Å². The van der Waals surface area contributed by atoms with Gasteiger partial charge in [-0.15, -0.1) is 0 Å². The molecule has 0 aliphatic carbocycles. The molecule has 286 valence electrons. The third-order valence-electron chi connectivity index (χ3n) is 9.11. The van der Waals surface area contributed by atoms with E-state index in [-0.39, 0.29) is 27.8 Å². The zero-order chi connectivity index (χ0) is 39.5. The number of hydrogen-bond acceptors (Lipinski definition) is 3. The molecule has 0 saturated carbocycles. The summed E-state index contributed by atoms with van der Waals surface area (Å²) in [7, 11) is 12.0. The SMILES string of the molecule is CC(C)(C)c1cc(N2[C]N(c3cc(C(C)(C)C)cc(C(C)(C)C)c3)C=C2)cc(C(C)(C)C)c1.CC(C)Oc1c([CH]=[Ru]([Cl])[Cl])cccc1-c1ccccc1. The zero-order valence-electron chi connectivity index (χ0n) is 34.3.